The normalized spacial score (nSPS) is 11.4. The molecule has 1 aromatic rings. The molecule has 0 aliphatic heterocycles. The van der Waals surface area contributed by atoms with Crippen molar-refractivity contribution in [3.05, 3.63) is 29.3 Å². The molecule has 17 heavy (non-hydrogen) atoms. The second kappa shape index (κ2) is 5.21. The summed E-state index contributed by atoms with van der Waals surface area (Å²) >= 11 is 0. The average molecular weight is 246 g/mol. The lowest BCUT2D eigenvalue weighted by Crippen LogP contribution is -2.20. The van der Waals surface area contributed by atoms with Crippen LogP contribution in [0.25, 0.3) is 0 Å². The number of carbonyl (C=O) groups is 1. The fourth-order valence-corrected chi connectivity index (χ4v) is 1.36. The SMILES string of the molecule is CCc1ccc(OCC(F)(F)F)c(C(C)=O)c1. The van der Waals surface area contributed by atoms with Gasteiger partial charge in [-0.25, -0.2) is 0 Å². The first-order valence-electron chi connectivity index (χ1n) is 5.17. The third-order valence-electron chi connectivity index (χ3n) is 2.22. The van der Waals surface area contributed by atoms with Crippen molar-refractivity contribution < 1.29 is 22.7 Å². The van der Waals surface area contributed by atoms with E-state index in [1.54, 1.807) is 12.1 Å². The molecular formula is C12H13F3O2. The smallest absolute Gasteiger partial charge is 0.422 e. The second-order valence-corrected chi connectivity index (χ2v) is 3.64. The van der Waals surface area contributed by atoms with Crippen molar-refractivity contribution in [2.45, 2.75) is 26.4 Å². The zero-order valence-electron chi connectivity index (χ0n) is 9.60. The highest BCUT2D eigenvalue weighted by Crippen LogP contribution is 2.24. The maximum absolute atomic E-state index is 12.0. The van der Waals surface area contributed by atoms with Gasteiger partial charge in [0, 0.05) is 0 Å². The molecule has 0 aromatic heterocycles. The average Bonchev–Trinajstić information content (AvgIpc) is 2.25. The molecular weight excluding hydrogens is 233 g/mol. The number of alkyl halides is 3. The van der Waals surface area contributed by atoms with Crippen molar-refractivity contribution in [2.24, 2.45) is 0 Å². The number of aryl methyl sites for hydroxylation is 1. The minimum absolute atomic E-state index is 0.0213. The zero-order valence-corrected chi connectivity index (χ0v) is 9.60. The Bertz CT molecular complexity index is 411. The van der Waals surface area contributed by atoms with Crippen molar-refractivity contribution in [2.75, 3.05) is 6.61 Å². The summed E-state index contributed by atoms with van der Waals surface area (Å²) in [6.45, 7) is 1.81. The number of rotatable bonds is 4. The monoisotopic (exact) mass is 246 g/mol. The largest absolute Gasteiger partial charge is 0.483 e. The third kappa shape index (κ3) is 4.09. The number of Topliss-reactive ketones (excluding diaryl/α,β-unsaturated/α-hetero) is 1. The van der Waals surface area contributed by atoms with Gasteiger partial charge in [-0.15, -0.1) is 0 Å². The first kappa shape index (κ1) is 13.5. The topological polar surface area (TPSA) is 26.3 Å². The van der Waals surface area contributed by atoms with Gasteiger partial charge >= 0.3 is 6.18 Å². The summed E-state index contributed by atoms with van der Waals surface area (Å²) in [5.74, 6) is -0.329. The molecule has 2 nitrogen and oxygen atoms in total. The minimum atomic E-state index is -4.41. The summed E-state index contributed by atoms with van der Waals surface area (Å²) in [6, 6.07) is 4.62. The van der Waals surface area contributed by atoms with E-state index in [0.717, 1.165) is 5.56 Å². The van der Waals surface area contributed by atoms with E-state index in [1.165, 1.54) is 13.0 Å². The Labute approximate surface area is 97.4 Å². The second-order valence-electron chi connectivity index (χ2n) is 3.64. The van der Waals surface area contributed by atoms with Crippen LogP contribution in [0, 0.1) is 0 Å². The van der Waals surface area contributed by atoms with Crippen molar-refractivity contribution in [3.63, 3.8) is 0 Å². The van der Waals surface area contributed by atoms with Crippen LogP contribution in [-0.4, -0.2) is 18.6 Å². The van der Waals surface area contributed by atoms with Gasteiger partial charge in [0.1, 0.15) is 5.75 Å². The molecule has 5 heteroatoms. The number of halogens is 3. The molecule has 0 aliphatic rings. The summed E-state index contributed by atoms with van der Waals surface area (Å²) in [6.07, 6.45) is -3.70. The molecule has 0 saturated carbocycles. The van der Waals surface area contributed by atoms with Gasteiger partial charge in [0.2, 0.25) is 0 Å². The summed E-state index contributed by atoms with van der Waals surface area (Å²) in [4.78, 5) is 11.3. The lowest BCUT2D eigenvalue weighted by molar-refractivity contribution is -0.153. The lowest BCUT2D eigenvalue weighted by Gasteiger charge is -2.12. The lowest BCUT2D eigenvalue weighted by atomic mass is 10.1. The first-order chi connectivity index (χ1) is 7.83. The molecule has 0 atom stereocenters. The van der Waals surface area contributed by atoms with Crippen molar-refractivity contribution >= 4 is 5.78 Å². The quantitative estimate of drug-likeness (QED) is 0.761. The van der Waals surface area contributed by atoms with Gasteiger partial charge < -0.3 is 4.74 Å². The number of hydrogen-bond donors (Lipinski definition) is 0. The molecule has 0 fully saturated rings. The Kier molecular flexibility index (Phi) is 4.15. The van der Waals surface area contributed by atoms with E-state index < -0.39 is 12.8 Å². The Hall–Kier alpha value is -1.52. The molecule has 94 valence electrons. The Balaban J connectivity index is 2.95. The van der Waals surface area contributed by atoms with Crippen LogP contribution in [0.3, 0.4) is 0 Å². The van der Waals surface area contributed by atoms with Crippen molar-refractivity contribution in [1.82, 2.24) is 0 Å². The maximum Gasteiger partial charge on any atom is 0.422 e. The number of carbonyl (C=O) groups excluding carboxylic acids is 1. The molecule has 0 unspecified atom stereocenters. The summed E-state index contributed by atoms with van der Waals surface area (Å²) in [5.41, 5.74) is 1.07. The Morgan fingerprint density at radius 3 is 2.47 bits per heavy atom. The standard InChI is InChI=1S/C12H13F3O2/c1-3-9-4-5-11(10(6-9)8(2)16)17-7-12(13,14)15/h4-6H,3,7H2,1-2H3. The van der Waals surface area contributed by atoms with Crippen molar-refractivity contribution in [1.29, 1.82) is 0 Å². The van der Waals surface area contributed by atoms with Gasteiger partial charge in [-0.2, -0.15) is 13.2 Å². The summed E-state index contributed by atoms with van der Waals surface area (Å²) < 4.78 is 40.6. The summed E-state index contributed by atoms with van der Waals surface area (Å²) in [7, 11) is 0. The van der Waals surface area contributed by atoms with Crippen molar-refractivity contribution in [3.8, 4) is 5.75 Å². The highest BCUT2D eigenvalue weighted by molar-refractivity contribution is 5.97. The van der Waals surface area contributed by atoms with Crippen LogP contribution >= 0.6 is 0 Å². The third-order valence-corrected chi connectivity index (χ3v) is 2.22. The molecule has 0 heterocycles. The van der Waals surface area contributed by atoms with Crippen LogP contribution in [0.1, 0.15) is 29.8 Å². The number of ether oxygens (including phenoxy) is 1. The zero-order chi connectivity index (χ0) is 13.1. The van der Waals surface area contributed by atoms with Gasteiger partial charge in [0.25, 0.3) is 0 Å². The van der Waals surface area contributed by atoms with Crippen LogP contribution in [0.15, 0.2) is 18.2 Å². The fraction of sp³-hybridized carbons (Fsp3) is 0.417. The van der Waals surface area contributed by atoms with E-state index in [1.807, 2.05) is 6.92 Å². The molecule has 1 rings (SSSR count). The molecule has 0 bridgehead atoms. The molecule has 0 N–H and O–H groups in total. The summed E-state index contributed by atoms with van der Waals surface area (Å²) in [5, 5.41) is 0. The fourth-order valence-electron chi connectivity index (χ4n) is 1.36. The highest BCUT2D eigenvalue weighted by atomic mass is 19.4. The van der Waals surface area contributed by atoms with Crippen LogP contribution in [-0.2, 0) is 6.42 Å². The van der Waals surface area contributed by atoms with Gasteiger partial charge in [-0.3, -0.25) is 4.79 Å². The molecule has 0 saturated heterocycles. The number of benzene rings is 1. The number of ketones is 1. The molecule has 0 spiro atoms. The molecule has 0 aliphatic carbocycles. The van der Waals surface area contributed by atoms with Crippen LogP contribution < -0.4 is 4.74 Å². The van der Waals surface area contributed by atoms with Gasteiger partial charge in [-0.1, -0.05) is 13.0 Å². The van der Waals surface area contributed by atoms with Gasteiger partial charge in [0.05, 0.1) is 5.56 Å². The van der Waals surface area contributed by atoms with Gasteiger partial charge in [-0.05, 0) is 31.0 Å². The minimum Gasteiger partial charge on any atom is -0.483 e. The van der Waals surface area contributed by atoms with Crippen LogP contribution in [0.2, 0.25) is 0 Å². The Morgan fingerprint density at radius 1 is 1.35 bits per heavy atom. The van der Waals surface area contributed by atoms with E-state index in [9.17, 15) is 18.0 Å². The van der Waals surface area contributed by atoms with E-state index >= 15 is 0 Å². The number of hydrogen-bond acceptors (Lipinski definition) is 2. The first-order valence-corrected chi connectivity index (χ1v) is 5.17. The predicted molar refractivity (Wildman–Crippen MR) is 57.4 cm³/mol. The highest BCUT2D eigenvalue weighted by Gasteiger charge is 2.29. The molecule has 1 aromatic carbocycles. The van der Waals surface area contributed by atoms with E-state index in [2.05, 4.69) is 4.74 Å². The predicted octanol–water partition coefficient (Wildman–Crippen LogP) is 3.39. The molecule has 0 amide bonds. The van der Waals surface area contributed by atoms with E-state index in [4.69, 9.17) is 0 Å². The van der Waals surface area contributed by atoms with Crippen LogP contribution in [0.4, 0.5) is 13.2 Å². The van der Waals surface area contributed by atoms with E-state index in [-0.39, 0.29) is 17.1 Å². The van der Waals surface area contributed by atoms with E-state index in [0.29, 0.717) is 6.42 Å². The Morgan fingerprint density at radius 2 is 2.00 bits per heavy atom. The van der Waals surface area contributed by atoms with Crippen LogP contribution in [0.5, 0.6) is 5.75 Å². The van der Waals surface area contributed by atoms with Gasteiger partial charge in [0.15, 0.2) is 12.4 Å². The molecule has 0 radical (unpaired) electrons. The maximum atomic E-state index is 12.0.